The number of nitrogens with one attached hydrogen (secondary N) is 2. The molecule has 204 valence electrons. The van der Waals surface area contributed by atoms with Gasteiger partial charge in [0.05, 0.1) is 29.0 Å². The predicted octanol–water partition coefficient (Wildman–Crippen LogP) is 2.86. The zero-order valence-corrected chi connectivity index (χ0v) is 23.0. The van der Waals surface area contributed by atoms with E-state index in [0.29, 0.717) is 19.5 Å². The molecule has 0 radical (unpaired) electrons. The number of nitrogens with zero attached hydrogens (tertiary/aromatic N) is 2. The zero-order chi connectivity index (χ0) is 26.9. The van der Waals surface area contributed by atoms with Gasteiger partial charge in [-0.25, -0.2) is 8.42 Å². The number of benzene rings is 1. The molecule has 0 unspecified atom stereocenters. The fourth-order valence-electron chi connectivity index (χ4n) is 5.09. The number of aromatic hydroxyl groups is 1. The van der Waals surface area contributed by atoms with Crippen molar-refractivity contribution in [1.29, 1.82) is 0 Å². The molecule has 3 N–H and O–H groups in total. The number of piperazine rings is 1. The van der Waals surface area contributed by atoms with Crippen LogP contribution in [0.2, 0.25) is 5.02 Å². The number of sulfonamides is 1. The van der Waals surface area contributed by atoms with E-state index in [1.807, 2.05) is 13.8 Å². The van der Waals surface area contributed by atoms with Crippen LogP contribution in [0.4, 0.5) is 17.1 Å². The van der Waals surface area contributed by atoms with Gasteiger partial charge in [0.15, 0.2) is 5.75 Å². The molecule has 0 spiro atoms. The lowest BCUT2D eigenvalue weighted by Gasteiger charge is -2.34. The molecule has 0 aliphatic carbocycles. The minimum Gasteiger partial charge on any atom is -0.504 e. The number of hydrogen-bond acceptors (Lipinski definition) is 9. The molecule has 3 atom stereocenters. The molecule has 0 bridgehead atoms. The van der Waals surface area contributed by atoms with E-state index in [1.54, 1.807) is 0 Å². The Balaban J connectivity index is 1.57. The van der Waals surface area contributed by atoms with Crippen molar-refractivity contribution < 1.29 is 18.3 Å². The van der Waals surface area contributed by atoms with Crippen LogP contribution in [0.15, 0.2) is 26.6 Å². The van der Waals surface area contributed by atoms with Crippen LogP contribution >= 0.6 is 11.6 Å². The fourth-order valence-corrected chi connectivity index (χ4v) is 7.10. The Morgan fingerprint density at radius 2 is 1.78 bits per heavy atom. The molecule has 2 aliphatic rings. The van der Waals surface area contributed by atoms with Crippen molar-refractivity contribution in [2.24, 2.45) is 0 Å². The first kappa shape index (κ1) is 27.8. The number of anilines is 3. The highest BCUT2D eigenvalue weighted by atomic mass is 35.5. The molecule has 2 aliphatic heterocycles. The number of phenolic OH excluding ortho intramolecular Hbond substituents is 1. The summed E-state index contributed by atoms with van der Waals surface area (Å²) in [6.45, 7) is 8.66. The molecule has 2 aromatic rings. The highest BCUT2D eigenvalue weighted by Crippen LogP contribution is 2.40. The van der Waals surface area contributed by atoms with Gasteiger partial charge in [0.1, 0.15) is 16.3 Å². The van der Waals surface area contributed by atoms with Gasteiger partial charge in [0.2, 0.25) is 10.0 Å². The summed E-state index contributed by atoms with van der Waals surface area (Å²) >= 11 is 6.26. The first-order valence-corrected chi connectivity index (χ1v) is 14.7. The van der Waals surface area contributed by atoms with E-state index in [4.69, 9.17) is 16.3 Å². The maximum absolute atomic E-state index is 13.4. The predicted molar refractivity (Wildman–Crippen MR) is 145 cm³/mol. The van der Waals surface area contributed by atoms with Gasteiger partial charge in [0.25, 0.3) is 10.9 Å². The maximum atomic E-state index is 13.4. The van der Waals surface area contributed by atoms with Gasteiger partial charge in [-0.1, -0.05) is 25.4 Å². The second kappa shape index (κ2) is 11.3. The molecule has 0 amide bonds. The highest BCUT2D eigenvalue weighted by molar-refractivity contribution is 7.89. The van der Waals surface area contributed by atoms with Crippen LogP contribution in [0, 0.1) is 0 Å². The summed E-state index contributed by atoms with van der Waals surface area (Å²) in [5.41, 5.74) is -1.36. The van der Waals surface area contributed by atoms with Crippen molar-refractivity contribution in [2.45, 2.75) is 69.6 Å². The molecule has 0 aromatic heterocycles. The summed E-state index contributed by atoms with van der Waals surface area (Å²) in [5.74, 6) is -0.595. The molecule has 2 aromatic carbocycles. The van der Waals surface area contributed by atoms with Crippen LogP contribution < -0.4 is 21.5 Å². The Labute approximate surface area is 222 Å². The molecule has 10 nitrogen and oxygen atoms in total. The van der Waals surface area contributed by atoms with Gasteiger partial charge < -0.3 is 25.4 Å². The lowest BCUT2D eigenvalue weighted by Crippen LogP contribution is -2.48. The van der Waals surface area contributed by atoms with E-state index in [9.17, 15) is 23.1 Å². The van der Waals surface area contributed by atoms with Crippen LogP contribution in [0.3, 0.4) is 0 Å². The van der Waals surface area contributed by atoms with Crippen LogP contribution in [-0.4, -0.2) is 73.7 Å². The molecular formula is C25H35ClN4O6S. The van der Waals surface area contributed by atoms with E-state index >= 15 is 0 Å². The summed E-state index contributed by atoms with van der Waals surface area (Å²) in [7, 11) is -4.10. The molecule has 2 heterocycles. The maximum Gasteiger partial charge on any atom is 0.253 e. The average molecular weight is 555 g/mol. The zero-order valence-electron chi connectivity index (χ0n) is 21.4. The van der Waals surface area contributed by atoms with Gasteiger partial charge in [-0.3, -0.25) is 9.59 Å². The third kappa shape index (κ3) is 5.51. The van der Waals surface area contributed by atoms with Crippen molar-refractivity contribution in [3.63, 3.8) is 0 Å². The van der Waals surface area contributed by atoms with Gasteiger partial charge in [0, 0.05) is 26.2 Å². The largest absolute Gasteiger partial charge is 0.504 e. The number of hydrogen-bond donors (Lipinski definition) is 3. The molecular weight excluding hydrogens is 520 g/mol. The smallest absolute Gasteiger partial charge is 0.253 e. The minimum atomic E-state index is -4.10. The van der Waals surface area contributed by atoms with Crippen LogP contribution in [0.1, 0.15) is 46.5 Å². The Kier molecular flexibility index (Phi) is 8.49. The van der Waals surface area contributed by atoms with Crippen molar-refractivity contribution in [3.05, 3.63) is 37.6 Å². The number of halogens is 1. The average Bonchev–Trinajstić information content (AvgIpc) is 3.31. The molecule has 12 heteroatoms. The van der Waals surface area contributed by atoms with Gasteiger partial charge >= 0.3 is 0 Å². The lowest BCUT2D eigenvalue weighted by molar-refractivity contribution is 0.0438. The monoisotopic (exact) mass is 554 g/mol. The molecule has 2 saturated heterocycles. The number of phenols is 1. The van der Waals surface area contributed by atoms with E-state index < -0.39 is 31.5 Å². The van der Waals surface area contributed by atoms with E-state index in [0.717, 1.165) is 25.8 Å². The Hall–Kier alpha value is -2.18. The minimum absolute atomic E-state index is 0.0244. The van der Waals surface area contributed by atoms with Gasteiger partial charge in [-0.05, 0) is 51.3 Å². The Morgan fingerprint density at radius 3 is 2.38 bits per heavy atom. The summed E-state index contributed by atoms with van der Waals surface area (Å²) in [4.78, 5) is 26.6. The fraction of sp³-hybridized carbons (Fsp3) is 0.600. The third-order valence-corrected chi connectivity index (χ3v) is 9.61. The standard InChI is InChI=1S/C25H35ClN4O6S/c1-4-10-29-11-13-30(14-12-29)37(34,35)25-16(26)7-8-18(22(25)31)28-21-20(23(32)24(21)33)27-17(5-2)19-9-6-15(3)36-19/h7-8,15,17,19,27-28,31H,4-6,9-14H2,1-3H3/t15-,17-,19-/m1/s1. The summed E-state index contributed by atoms with van der Waals surface area (Å²) in [5, 5.41) is 16.8. The van der Waals surface area contributed by atoms with Crippen molar-refractivity contribution >= 4 is 38.7 Å². The van der Waals surface area contributed by atoms with Crippen LogP contribution in [-0.2, 0) is 14.8 Å². The van der Waals surface area contributed by atoms with Crippen molar-refractivity contribution in [1.82, 2.24) is 9.21 Å². The van der Waals surface area contributed by atoms with Crippen LogP contribution in [0.5, 0.6) is 5.75 Å². The third-order valence-electron chi connectivity index (χ3n) is 7.21. The van der Waals surface area contributed by atoms with E-state index in [2.05, 4.69) is 22.5 Å². The van der Waals surface area contributed by atoms with E-state index in [1.165, 1.54) is 16.4 Å². The summed E-state index contributed by atoms with van der Waals surface area (Å²) in [6.07, 6.45) is 3.46. The highest BCUT2D eigenvalue weighted by Gasteiger charge is 2.35. The second-order valence-corrected chi connectivity index (χ2v) is 12.1. The first-order valence-electron chi connectivity index (χ1n) is 12.8. The van der Waals surface area contributed by atoms with Crippen LogP contribution in [0.25, 0.3) is 0 Å². The summed E-state index contributed by atoms with van der Waals surface area (Å²) < 4.78 is 34.1. The van der Waals surface area contributed by atoms with Gasteiger partial charge in [-0.2, -0.15) is 4.31 Å². The lowest BCUT2D eigenvalue weighted by atomic mass is 10.0. The number of rotatable bonds is 10. The Bertz CT molecular complexity index is 1300. The first-order chi connectivity index (χ1) is 17.6. The number of ether oxygens (including phenoxy) is 1. The topological polar surface area (TPSA) is 128 Å². The van der Waals surface area contributed by atoms with Crippen molar-refractivity contribution in [2.75, 3.05) is 43.4 Å². The molecule has 2 fully saturated rings. The summed E-state index contributed by atoms with van der Waals surface area (Å²) in [6, 6.07) is 2.57. The van der Waals surface area contributed by atoms with E-state index in [-0.39, 0.29) is 53.4 Å². The van der Waals surface area contributed by atoms with Crippen molar-refractivity contribution in [3.8, 4) is 5.75 Å². The quantitative estimate of drug-likeness (QED) is 0.300. The molecule has 37 heavy (non-hydrogen) atoms. The molecule has 4 rings (SSSR count). The normalized spacial score (nSPS) is 22.4. The van der Waals surface area contributed by atoms with Gasteiger partial charge in [-0.15, -0.1) is 0 Å². The molecule has 0 saturated carbocycles. The SMILES string of the molecule is CCCN1CCN(S(=O)(=O)c2c(Cl)ccc(Nc3c(N[C@H](CC)[C@H]4CC[C@@H](C)O4)c(=O)c3=O)c2O)CC1. The Morgan fingerprint density at radius 1 is 1.11 bits per heavy atom. The second-order valence-electron chi connectivity index (χ2n) is 9.77.